The quantitative estimate of drug-likeness (QED) is 0.440. The van der Waals surface area contributed by atoms with Crippen molar-refractivity contribution in [3.8, 4) is 0 Å². The molecular formula is C26H28FN3O5S2. The Labute approximate surface area is 216 Å². The first-order valence-electron chi connectivity index (χ1n) is 11.9. The van der Waals surface area contributed by atoms with Crippen LogP contribution < -0.4 is 5.32 Å². The van der Waals surface area contributed by atoms with E-state index in [1.165, 1.54) is 52.8 Å². The Kier molecular flexibility index (Phi) is 8.38. The van der Waals surface area contributed by atoms with Crippen molar-refractivity contribution in [3.63, 3.8) is 0 Å². The number of hydrogen-bond donors (Lipinski definition) is 1. The highest BCUT2D eigenvalue weighted by Gasteiger charge is 2.29. The largest absolute Gasteiger partial charge is 0.325 e. The van der Waals surface area contributed by atoms with Crippen LogP contribution in [0.5, 0.6) is 0 Å². The van der Waals surface area contributed by atoms with Crippen LogP contribution in [-0.2, 0) is 31.4 Å². The predicted octanol–water partition coefficient (Wildman–Crippen LogP) is 3.83. The molecule has 1 aliphatic rings. The van der Waals surface area contributed by atoms with Gasteiger partial charge in [-0.2, -0.15) is 8.61 Å². The number of carbonyl (C=O) groups excluding carboxylic acids is 1. The number of rotatable bonds is 9. The topological polar surface area (TPSA) is 104 Å². The number of nitrogens with one attached hydrogen (secondary N) is 1. The van der Waals surface area contributed by atoms with Gasteiger partial charge in [-0.25, -0.2) is 21.2 Å². The molecule has 1 aliphatic heterocycles. The Hall–Kier alpha value is -3.12. The zero-order valence-electron chi connectivity index (χ0n) is 20.1. The van der Waals surface area contributed by atoms with Crippen LogP contribution in [0.1, 0.15) is 24.8 Å². The Balaban J connectivity index is 1.59. The van der Waals surface area contributed by atoms with E-state index >= 15 is 0 Å². The highest BCUT2D eigenvalue weighted by Crippen LogP contribution is 2.24. The summed E-state index contributed by atoms with van der Waals surface area (Å²) in [4.78, 5) is 12.6. The van der Waals surface area contributed by atoms with Gasteiger partial charge in [0, 0.05) is 25.3 Å². The van der Waals surface area contributed by atoms with Gasteiger partial charge in [-0.05, 0) is 66.9 Å². The van der Waals surface area contributed by atoms with Crippen molar-refractivity contribution >= 4 is 31.6 Å². The zero-order chi connectivity index (χ0) is 26.5. The number of anilines is 1. The maximum atomic E-state index is 13.6. The molecule has 1 fully saturated rings. The van der Waals surface area contributed by atoms with Crippen molar-refractivity contribution in [3.05, 3.63) is 90.2 Å². The number of carbonyl (C=O) groups is 1. The minimum atomic E-state index is -4.21. The molecule has 0 saturated carbocycles. The van der Waals surface area contributed by atoms with Crippen LogP contribution in [0.15, 0.2) is 88.7 Å². The summed E-state index contributed by atoms with van der Waals surface area (Å²) >= 11 is 0. The van der Waals surface area contributed by atoms with Crippen LogP contribution in [-0.4, -0.2) is 51.0 Å². The highest BCUT2D eigenvalue weighted by molar-refractivity contribution is 7.89. The van der Waals surface area contributed by atoms with Crippen LogP contribution in [0.3, 0.4) is 0 Å². The van der Waals surface area contributed by atoms with E-state index in [0.717, 1.165) is 23.6 Å². The number of hydrogen-bond acceptors (Lipinski definition) is 5. The summed E-state index contributed by atoms with van der Waals surface area (Å²) in [5.74, 6) is -1.02. The first-order chi connectivity index (χ1) is 17.7. The van der Waals surface area contributed by atoms with Gasteiger partial charge in [-0.3, -0.25) is 4.79 Å². The third kappa shape index (κ3) is 6.61. The smallest absolute Gasteiger partial charge is 0.243 e. The van der Waals surface area contributed by atoms with Crippen molar-refractivity contribution in [2.24, 2.45) is 0 Å². The molecule has 3 aromatic rings. The van der Waals surface area contributed by atoms with Gasteiger partial charge in [-0.15, -0.1) is 0 Å². The molecule has 0 aliphatic carbocycles. The molecule has 0 unspecified atom stereocenters. The first kappa shape index (κ1) is 26.9. The van der Waals surface area contributed by atoms with Crippen molar-refractivity contribution in [1.29, 1.82) is 0 Å². The number of sulfonamides is 2. The van der Waals surface area contributed by atoms with Gasteiger partial charge >= 0.3 is 0 Å². The Bertz CT molecular complexity index is 1420. The zero-order valence-corrected chi connectivity index (χ0v) is 21.7. The van der Waals surface area contributed by atoms with Crippen LogP contribution in [0.4, 0.5) is 10.1 Å². The van der Waals surface area contributed by atoms with E-state index in [2.05, 4.69) is 5.32 Å². The second-order valence-electron chi connectivity index (χ2n) is 8.75. The average molecular weight is 546 g/mol. The van der Waals surface area contributed by atoms with Crippen molar-refractivity contribution in [1.82, 2.24) is 8.61 Å². The Morgan fingerprint density at radius 2 is 1.41 bits per heavy atom. The minimum absolute atomic E-state index is 0.0141. The van der Waals surface area contributed by atoms with Crippen LogP contribution in [0, 0.1) is 5.82 Å². The molecule has 4 rings (SSSR count). The van der Waals surface area contributed by atoms with Crippen molar-refractivity contribution < 1.29 is 26.0 Å². The normalized spacial score (nSPS) is 15.0. The number of piperidine rings is 1. The van der Waals surface area contributed by atoms with Gasteiger partial charge in [0.2, 0.25) is 26.0 Å². The maximum absolute atomic E-state index is 13.6. The molecule has 0 atom stereocenters. The van der Waals surface area contributed by atoms with Gasteiger partial charge in [0.15, 0.2) is 0 Å². The summed E-state index contributed by atoms with van der Waals surface area (Å²) in [7, 11) is -7.94. The van der Waals surface area contributed by atoms with Gasteiger partial charge in [0.1, 0.15) is 5.82 Å². The second kappa shape index (κ2) is 11.5. The fourth-order valence-corrected chi connectivity index (χ4v) is 6.99. The summed E-state index contributed by atoms with van der Waals surface area (Å²) in [6.07, 6.45) is 2.55. The first-order valence-corrected chi connectivity index (χ1v) is 14.7. The summed E-state index contributed by atoms with van der Waals surface area (Å²) in [5.41, 5.74) is 1.00. The SMILES string of the molecule is O=C(CN(Cc1ccc(F)cc1)S(=O)(=O)c1ccc(S(=O)(=O)N2CCCCC2)cc1)Nc1ccccc1. The molecule has 0 bridgehead atoms. The highest BCUT2D eigenvalue weighted by atomic mass is 32.2. The molecule has 1 heterocycles. The predicted molar refractivity (Wildman–Crippen MR) is 138 cm³/mol. The standard InChI is InChI=1S/C26H28FN3O5S2/c27-22-11-9-21(10-12-22)19-30(20-26(31)28-23-7-3-1-4-8-23)37(34,35)25-15-13-24(14-16-25)36(32,33)29-17-5-2-6-18-29/h1,3-4,7-16H,2,5-6,17-20H2,(H,28,31). The van der Waals surface area contributed by atoms with E-state index in [-0.39, 0.29) is 16.3 Å². The van der Waals surface area contributed by atoms with Gasteiger partial charge < -0.3 is 5.32 Å². The Morgan fingerprint density at radius 3 is 2.03 bits per heavy atom. The summed E-state index contributed by atoms with van der Waals surface area (Å²) < 4.78 is 68.8. The fraction of sp³-hybridized carbons (Fsp3) is 0.269. The van der Waals surface area contributed by atoms with E-state index in [0.29, 0.717) is 24.3 Å². The lowest BCUT2D eigenvalue weighted by atomic mass is 10.2. The minimum Gasteiger partial charge on any atom is -0.325 e. The molecule has 3 aromatic carbocycles. The molecule has 37 heavy (non-hydrogen) atoms. The van der Waals surface area contributed by atoms with Crippen molar-refractivity contribution in [2.75, 3.05) is 25.0 Å². The number of nitrogens with zero attached hydrogens (tertiary/aromatic N) is 2. The lowest BCUT2D eigenvalue weighted by Gasteiger charge is -2.26. The Morgan fingerprint density at radius 1 is 0.811 bits per heavy atom. The van der Waals surface area contributed by atoms with Gasteiger partial charge in [-0.1, -0.05) is 36.8 Å². The van der Waals surface area contributed by atoms with Gasteiger partial charge in [0.05, 0.1) is 16.3 Å². The lowest BCUT2D eigenvalue weighted by molar-refractivity contribution is -0.116. The van der Waals surface area contributed by atoms with E-state index in [1.54, 1.807) is 30.3 Å². The summed E-state index contributed by atoms with van der Waals surface area (Å²) in [6, 6.07) is 19.0. The lowest BCUT2D eigenvalue weighted by Crippen LogP contribution is -2.37. The summed E-state index contributed by atoms with van der Waals surface area (Å²) in [5, 5.41) is 2.67. The van der Waals surface area contributed by atoms with E-state index in [1.807, 2.05) is 0 Å². The number of para-hydroxylation sites is 1. The fourth-order valence-electron chi connectivity index (χ4n) is 4.09. The number of benzene rings is 3. The van der Waals surface area contributed by atoms with Crippen LogP contribution >= 0.6 is 0 Å². The molecule has 196 valence electrons. The molecule has 0 radical (unpaired) electrons. The third-order valence-electron chi connectivity index (χ3n) is 6.06. The third-order valence-corrected chi connectivity index (χ3v) is 9.78. The van der Waals surface area contributed by atoms with E-state index in [4.69, 9.17) is 0 Å². The molecule has 0 spiro atoms. The molecule has 1 amide bonds. The molecule has 8 nitrogen and oxygen atoms in total. The molecule has 11 heteroatoms. The summed E-state index contributed by atoms with van der Waals surface area (Å²) in [6.45, 7) is 0.190. The van der Waals surface area contributed by atoms with Crippen molar-refractivity contribution in [2.45, 2.75) is 35.6 Å². The number of halogens is 1. The average Bonchev–Trinajstić information content (AvgIpc) is 2.90. The monoisotopic (exact) mass is 545 g/mol. The van der Waals surface area contributed by atoms with Gasteiger partial charge in [0.25, 0.3) is 0 Å². The van der Waals surface area contributed by atoms with E-state index in [9.17, 15) is 26.0 Å². The molecular weight excluding hydrogens is 517 g/mol. The number of amides is 1. The van der Waals surface area contributed by atoms with Crippen LogP contribution in [0.25, 0.3) is 0 Å². The second-order valence-corrected chi connectivity index (χ2v) is 12.6. The van der Waals surface area contributed by atoms with Crippen LogP contribution in [0.2, 0.25) is 0 Å². The molecule has 1 N–H and O–H groups in total. The molecule has 1 saturated heterocycles. The maximum Gasteiger partial charge on any atom is 0.243 e. The van der Waals surface area contributed by atoms with E-state index < -0.39 is 38.3 Å². The molecule has 0 aromatic heterocycles.